The first kappa shape index (κ1) is 27.5. The van der Waals surface area contributed by atoms with Gasteiger partial charge in [-0.2, -0.15) is 0 Å². The third-order valence-corrected chi connectivity index (χ3v) is 7.24. The van der Waals surface area contributed by atoms with Gasteiger partial charge in [-0.1, -0.05) is 42.5 Å². The van der Waals surface area contributed by atoms with Gasteiger partial charge in [-0.05, 0) is 97.7 Å². The topological polar surface area (TPSA) is 55.4 Å². The molecule has 0 radical (unpaired) electrons. The molecule has 2 aromatic rings. The van der Waals surface area contributed by atoms with Gasteiger partial charge in [-0.3, -0.25) is 0 Å². The fourth-order valence-electron chi connectivity index (χ4n) is 5.07. The van der Waals surface area contributed by atoms with Crippen LogP contribution in [0, 0.1) is 0 Å². The summed E-state index contributed by atoms with van der Waals surface area (Å²) in [4.78, 5) is 0. The summed E-state index contributed by atoms with van der Waals surface area (Å²) in [5.41, 5.74) is 5.68. The van der Waals surface area contributed by atoms with Crippen LogP contribution < -0.4 is 0 Å². The highest BCUT2D eigenvalue weighted by molar-refractivity contribution is 5.70. The van der Waals surface area contributed by atoms with Crippen molar-refractivity contribution < 1.29 is 28.4 Å². The summed E-state index contributed by atoms with van der Waals surface area (Å²) < 4.78 is 35.3. The van der Waals surface area contributed by atoms with E-state index in [9.17, 15) is 0 Å². The average Bonchev–Trinajstić information content (AvgIpc) is 2.99. The normalized spacial score (nSPS) is 24.6. The standard InChI is InChI=1S/C32H42O6/c1-4-16-33-30(7-1)36-22-26-13-10-25(11-14-26)12-15-27-19-28(23-37-31-8-2-5-17-34-31)21-29(20-27)24-38-32-9-3-6-18-35-32/h10-15,19-21,30-32H,1-9,16-18,22-24H2/b15-12+. The number of benzene rings is 2. The molecule has 0 N–H and O–H groups in total. The second-order valence-electron chi connectivity index (χ2n) is 10.5. The summed E-state index contributed by atoms with van der Waals surface area (Å²) in [5, 5.41) is 0. The zero-order valence-corrected chi connectivity index (χ0v) is 22.5. The number of hydrogen-bond acceptors (Lipinski definition) is 6. The first-order chi connectivity index (χ1) is 18.8. The fraction of sp³-hybridized carbons (Fsp3) is 0.562. The van der Waals surface area contributed by atoms with Gasteiger partial charge < -0.3 is 28.4 Å². The van der Waals surface area contributed by atoms with Gasteiger partial charge in [0.05, 0.1) is 19.8 Å². The Labute approximate surface area is 227 Å². The van der Waals surface area contributed by atoms with Crippen LogP contribution in [-0.4, -0.2) is 38.7 Å². The smallest absolute Gasteiger partial charge is 0.158 e. The van der Waals surface area contributed by atoms with E-state index in [4.69, 9.17) is 28.4 Å². The Morgan fingerprint density at radius 2 is 0.974 bits per heavy atom. The lowest BCUT2D eigenvalue weighted by atomic mass is 10.0. The van der Waals surface area contributed by atoms with E-state index in [0.29, 0.717) is 19.8 Å². The van der Waals surface area contributed by atoms with E-state index in [0.717, 1.165) is 99.0 Å². The Kier molecular flexibility index (Phi) is 10.8. The second-order valence-corrected chi connectivity index (χ2v) is 10.5. The lowest BCUT2D eigenvalue weighted by Gasteiger charge is -2.23. The molecule has 0 spiro atoms. The van der Waals surface area contributed by atoms with Crippen LogP contribution in [0.1, 0.15) is 85.6 Å². The minimum Gasteiger partial charge on any atom is -0.353 e. The van der Waals surface area contributed by atoms with Gasteiger partial charge in [0.2, 0.25) is 0 Å². The van der Waals surface area contributed by atoms with Crippen LogP contribution in [0.25, 0.3) is 12.2 Å². The molecule has 38 heavy (non-hydrogen) atoms. The van der Waals surface area contributed by atoms with E-state index >= 15 is 0 Å². The first-order valence-corrected chi connectivity index (χ1v) is 14.4. The maximum Gasteiger partial charge on any atom is 0.158 e. The van der Waals surface area contributed by atoms with Gasteiger partial charge in [0.25, 0.3) is 0 Å². The number of rotatable bonds is 11. The minimum atomic E-state index is -0.106. The predicted molar refractivity (Wildman–Crippen MR) is 147 cm³/mol. The summed E-state index contributed by atoms with van der Waals surface area (Å²) in [5.74, 6) is 0. The number of hydrogen-bond donors (Lipinski definition) is 0. The molecule has 3 aliphatic rings. The van der Waals surface area contributed by atoms with E-state index in [-0.39, 0.29) is 18.9 Å². The van der Waals surface area contributed by atoms with E-state index in [1.165, 1.54) is 6.42 Å². The summed E-state index contributed by atoms with van der Waals surface area (Å²) in [6.07, 6.45) is 13.8. The molecule has 0 bridgehead atoms. The zero-order valence-electron chi connectivity index (χ0n) is 22.5. The Morgan fingerprint density at radius 3 is 1.42 bits per heavy atom. The van der Waals surface area contributed by atoms with Crippen molar-refractivity contribution in [1.29, 1.82) is 0 Å². The minimum absolute atomic E-state index is 0.0629. The van der Waals surface area contributed by atoms with Gasteiger partial charge in [0.1, 0.15) is 0 Å². The third kappa shape index (κ3) is 9.01. The van der Waals surface area contributed by atoms with Crippen molar-refractivity contribution in [3.8, 4) is 0 Å². The van der Waals surface area contributed by atoms with Crippen molar-refractivity contribution in [1.82, 2.24) is 0 Å². The second kappa shape index (κ2) is 14.9. The molecule has 206 valence electrons. The van der Waals surface area contributed by atoms with Crippen LogP contribution in [0.4, 0.5) is 0 Å². The fourth-order valence-corrected chi connectivity index (χ4v) is 5.07. The molecular weight excluding hydrogens is 480 g/mol. The highest BCUT2D eigenvalue weighted by Gasteiger charge is 2.16. The summed E-state index contributed by atoms with van der Waals surface area (Å²) in [6.45, 7) is 4.01. The molecule has 3 fully saturated rings. The highest BCUT2D eigenvalue weighted by Crippen LogP contribution is 2.22. The SMILES string of the molecule is C(=C\c1cc(COC2CCCCO2)cc(COC2CCCCO2)c1)/c1ccc(COC2CCCCO2)cc1. The van der Waals surface area contributed by atoms with Crippen LogP contribution in [0.5, 0.6) is 0 Å². The van der Waals surface area contributed by atoms with Crippen molar-refractivity contribution in [3.05, 3.63) is 70.3 Å². The molecule has 0 aliphatic carbocycles. The summed E-state index contributed by atoms with van der Waals surface area (Å²) in [6, 6.07) is 15.1. The molecule has 0 saturated carbocycles. The van der Waals surface area contributed by atoms with Crippen molar-refractivity contribution in [3.63, 3.8) is 0 Å². The zero-order chi connectivity index (χ0) is 25.8. The Balaban J connectivity index is 1.20. The molecule has 3 saturated heterocycles. The lowest BCUT2D eigenvalue weighted by molar-refractivity contribution is -0.169. The predicted octanol–water partition coefficient (Wildman–Crippen LogP) is 6.99. The molecule has 3 atom stereocenters. The molecule has 3 aliphatic heterocycles. The quantitative estimate of drug-likeness (QED) is 0.297. The molecule has 5 rings (SSSR count). The van der Waals surface area contributed by atoms with Crippen molar-refractivity contribution in [2.75, 3.05) is 19.8 Å². The van der Waals surface area contributed by atoms with Crippen LogP contribution >= 0.6 is 0 Å². The van der Waals surface area contributed by atoms with Crippen LogP contribution in [0.15, 0.2) is 42.5 Å². The molecule has 6 nitrogen and oxygen atoms in total. The first-order valence-electron chi connectivity index (χ1n) is 14.4. The van der Waals surface area contributed by atoms with Gasteiger partial charge in [0, 0.05) is 19.8 Å². The Morgan fingerprint density at radius 1 is 0.526 bits per heavy atom. The maximum atomic E-state index is 6.08. The molecule has 0 amide bonds. The molecule has 3 heterocycles. The monoisotopic (exact) mass is 522 g/mol. The molecule has 0 aromatic heterocycles. The van der Waals surface area contributed by atoms with E-state index < -0.39 is 0 Å². The van der Waals surface area contributed by atoms with Gasteiger partial charge >= 0.3 is 0 Å². The lowest BCUT2D eigenvalue weighted by Crippen LogP contribution is -2.22. The van der Waals surface area contributed by atoms with E-state index in [2.05, 4.69) is 54.6 Å². The molecular formula is C32H42O6. The molecule has 3 unspecified atom stereocenters. The van der Waals surface area contributed by atoms with Crippen molar-refractivity contribution in [2.45, 2.75) is 96.5 Å². The highest BCUT2D eigenvalue weighted by atomic mass is 16.7. The Hall–Kier alpha value is -2.06. The van der Waals surface area contributed by atoms with Crippen LogP contribution in [0.3, 0.4) is 0 Å². The van der Waals surface area contributed by atoms with Gasteiger partial charge in [0.15, 0.2) is 18.9 Å². The maximum absolute atomic E-state index is 6.08. The average molecular weight is 523 g/mol. The van der Waals surface area contributed by atoms with Gasteiger partial charge in [-0.25, -0.2) is 0 Å². The molecule has 6 heteroatoms. The van der Waals surface area contributed by atoms with Crippen molar-refractivity contribution >= 4 is 12.2 Å². The molecule has 2 aromatic carbocycles. The van der Waals surface area contributed by atoms with Crippen LogP contribution in [-0.2, 0) is 48.2 Å². The summed E-state index contributed by atoms with van der Waals surface area (Å²) in [7, 11) is 0. The third-order valence-electron chi connectivity index (χ3n) is 7.24. The number of ether oxygens (including phenoxy) is 6. The largest absolute Gasteiger partial charge is 0.353 e. The van der Waals surface area contributed by atoms with E-state index in [1.807, 2.05) is 0 Å². The summed E-state index contributed by atoms with van der Waals surface area (Å²) >= 11 is 0. The van der Waals surface area contributed by atoms with Crippen LogP contribution in [0.2, 0.25) is 0 Å². The van der Waals surface area contributed by atoms with Crippen molar-refractivity contribution in [2.24, 2.45) is 0 Å². The Bertz CT molecular complexity index is 945. The van der Waals surface area contributed by atoms with Gasteiger partial charge in [-0.15, -0.1) is 0 Å². The van der Waals surface area contributed by atoms with E-state index in [1.54, 1.807) is 0 Å².